The number of carbonyl (C=O) groups excluding carboxylic acids is 1. The summed E-state index contributed by atoms with van der Waals surface area (Å²) >= 11 is 1.67. The van der Waals surface area contributed by atoms with Crippen LogP contribution in [-0.2, 0) is 11.2 Å². The number of aromatic nitrogens is 2. The third kappa shape index (κ3) is 4.97. The molecule has 0 bridgehead atoms. The first kappa shape index (κ1) is 23.4. The van der Waals surface area contributed by atoms with E-state index < -0.39 is 0 Å². The van der Waals surface area contributed by atoms with Gasteiger partial charge in [0, 0.05) is 29.1 Å². The van der Waals surface area contributed by atoms with E-state index in [1.165, 1.54) is 50.6 Å². The SMILES string of the molecule is O=C(Cc1ccc2[nH]nc(-c3ccc(NC4CCCCC4)cc3)c2c1)C(c1ccsc1)N1CCCC1. The molecule has 36 heavy (non-hydrogen) atoms. The Labute approximate surface area is 216 Å². The van der Waals surface area contributed by atoms with Crippen molar-refractivity contribution in [2.75, 3.05) is 18.4 Å². The zero-order valence-electron chi connectivity index (χ0n) is 20.7. The van der Waals surface area contributed by atoms with E-state index in [4.69, 9.17) is 0 Å². The number of ketones is 1. The molecule has 4 aromatic rings. The average molecular weight is 499 g/mol. The van der Waals surface area contributed by atoms with Gasteiger partial charge in [-0.2, -0.15) is 16.4 Å². The molecule has 2 N–H and O–H groups in total. The highest BCUT2D eigenvalue weighted by molar-refractivity contribution is 7.08. The number of hydrogen-bond donors (Lipinski definition) is 2. The van der Waals surface area contributed by atoms with Crippen LogP contribution in [0.1, 0.15) is 62.1 Å². The molecule has 186 valence electrons. The van der Waals surface area contributed by atoms with Crippen LogP contribution in [0, 0.1) is 0 Å². The van der Waals surface area contributed by atoms with Gasteiger partial charge in [0.25, 0.3) is 0 Å². The Hall–Kier alpha value is -2.96. The topological polar surface area (TPSA) is 61.0 Å². The van der Waals surface area contributed by atoms with Crippen molar-refractivity contribution in [3.05, 3.63) is 70.4 Å². The molecule has 6 rings (SSSR count). The number of aromatic amines is 1. The van der Waals surface area contributed by atoms with Gasteiger partial charge in [-0.15, -0.1) is 0 Å². The minimum absolute atomic E-state index is 0.137. The van der Waals surface area contributed by atoms with Gasteiger partial charge in [-0.1, -0.05) is 37.5 Å². The maximum Gasteiger partial charge on any atom is 0.158 e. The van der Waals surface area contributed by atoms with E-state index in [9.17, 15) is 4.79 Å². The first-order valence-corrected chi connectivity index (χ1v) is 14.3. The summed E-state index contributed by atoms with van der Waals surface area (Å²) in [5.41, 5.74) is 6.39. The summed E-state index contributed by atoms with van der Waals surface area (Å²) in [4.78, 5) is 15.9. The van der Waals surface area contributed by atoms with Crippen molar-refractivity contribution < 1.29 is 4.79 Å². The van der Waals surface area contributed by atoms with E-state index in [1.807, 2.05) is 0 Å². The molecule has 1 saturated carbocycles. The number of hydrogen-bond acceptors (Lipinski definition) is 5. The van der Waals surface area contributed by atoms with Crippen molar-refractivity contribution in [2.45, 2.75) is 63.5 Å². The van der Waals surface area contributed by atoms with Crippen molar-refractivity contribution in [3.8, 4) is 11.3 Å². The minimum Gasteiger partial charge on any atom is -0.382 e. The first-order chi connectivity index (χ1) is 17.7. The number of carbonyl (C=O) groups is 1. The lowest BCUT2D eigenvalue weighted by Crippen LogP contribution is -2.32. The number of Topliss-reactive ketones (excluding diaryl/α,β-unsaturated/α-hetero) is 1. The Balaban J connectivity index is 1.21. The van der Waals surface area contributed by atoms with E-state index in [2.05, 4.69) is 79.7 Å². The number of nitrogens with one attached hydrogen (secondary N) is 2. The van der Waals surface area contributed by atoms with Gasteiger partial charge < -0.3 is 5.32 Å². The lowest BCUT2D eigenvalue weighted by molar-refractivity contribution is -0.123. The molecule has 6 heteroatoms. The Morgan fingerprint density at radius 2 is 1.83 bits per heavy atom. The van der Waals surface area contributed by atoms with Crippen LogP contribution in [0.3, 0.4) is 0 Å². The minimum atomic E-state index is -0.137. The molecular formula is C30H34N4OS. The molecule has 2 aromatic heterocycles. The molecule has 1 unspecified atom stereocenters. The molecular weight excluding hydrogens is 464 g/mol. The maximum atomic E-state index is 13.6. The van der Waals surface area contributed by atoms with Crippen molar-refractivity contribution in [2.24, 2.45) is 0 Å². The number of H-pyrrole nitrogens is 1. The molecule has 1 aliphatic carbocycles. The Morgan fingerprint density at radius 1 is 1.03 bits per heavy atom. The number of likely N-dealkylation sites (tertiary alicyclic amines) is 1. The molecule has 5 nitrogen and oxygen atoms in total. The van der Waals surface area contributed by atoms with Gasteiger partial charge in [-0.05, 0) is 91.0 Å². The van der Waals surface area contributed by atoms with Crippen LogP contribution < -0.4 is 5.32 Å². The molecule has 1 aliphatic heterocycles. The summed E-state index contributed by atoms with van der Waals surface area (Å²) < 4.78 is 0. The molecule has 0 radical (unpaired) electrons. The standard InChI is InChI=1S/C30H34N4OS/c35-28(30(23-14-17-36-20-23)34-15-4-5-16-34)19-21-8-13-27-26(18-21)29(33-32-27)22-9-11-25(12-10-22)31-24-6-2-1-3-7-24/h8-14,17-18,20,24,30-31H,1-7,15-16,19H2,(H,32,33). The van der Waals surface area contributed by atoms with Crippen LogP contribution in [0.5, 0.6) is 0 Å². The molecule has 0 amide bonds. The molecule has 1 saturated heterocycles. The van der Waals surface area contributed by atoms with Crippen LogP contribution in [0.25, 0.3) is 22.2 Å². The fourth-order valence-electron chi connectivity index (χ4n) is 5.93. The van der Waals surface area contributed by atoms with E-state index in [-0.39, 0.29) is 11.8 Å². The van der Waals surface area contributed by atoms with E-state index in [1.54, 1.807) is 11.3 Å². The van der Waals surface area contributed by atoms with E-state index >= 15 is 0 Å². The second-order valence-electron chi connectivity index (χ2n) is 10.4. The second kappa shape index (κ2) is 10.6. The monoisotopic (exact) mass is 498 g/mol. The van der Waals surface area contributed by atoms with Gasteiger partial charge in [0.1, 0.15) is 0 Å². The predicted molar refractivity (Wildman–Crippen MR) is 149 cm³/mol. The summed E-state index contributed by atoms with van der Waals surface area (Å²) in [6, 6.07) is 17.5. The molecule has 2 fully saturated rings. The Kier molecular flexibility index (Phi) is 6.88. The van der Waals surface area contributed by atoms with Crippen LogP contribution in [0.4, 0.5) is 5.69 Å². The molecule has 2 aromatic carbocycles. The van der Waals surface area contributed by atoms with Gasteiger partial charge in [0.2, 0.25) is 0 Å². The highest BCUT2D eigenvalue weighted by Gasteiger charge is 2.29. The maximum absolute atomic E-state index is 13.6. The van der Waals surface area contributed by atoms with Gasteiger partial charge >= 0.3 is 0 Å². The van der Waals surface area contributed by atoms with Crippen molar-refractivity contribution >= 4 is 33.7 Å². The van der Waals surface area contributed by atoms with Crippen molar-refractivity contribution in [1.82, 2.24) is 15.1 Å². The van der Waals surface area contributed by atoms with Crippen LogP contribution in [0.15, 0.2) is 59.3 Å². The van der Waals surface area contributed by atoms with Crippen LogP contribution >= 0.6 is 11.3 Å². The van der Waals surface area contributed by atoms with Gasteiger partial charge in [-0.25, -0.2) is 0 Å². The molecule has 1 atom stereocenters. The normalized spacial score (nSPS) is 18.0. The van der Waals surface area contributed by atoms with Crippen LogP contribution in [-0.4, -0.2) is 40.0 Å². The molecule has 0 spiro atoms. The lowest BCUT2D eigenvalue weighted by atomic mass is 9.95. The summed E-state index contributed by atoms with van der Waals surface area (Å²) in [5.74, 6) is 0.276. The highest BCUT2D eigenvalue weighted by atomic mass is 32.1. The van der Waals surface area contributed by atoms with E-state index in [0.29, 0.717) is 12.5 Å². The number of nitrogens with zero attached hydrogens (tertiary/aromatic N) is 2. The number of rotatable bonds is 8. The molecule has 2 aliphatic rings. The summed E-state index contributed by atoms with van der Waals surface area (Å²) in [5, 5.41) is 16.8. The fraction of sp³-hybridized carbons (Fsp3) is 0.400. The smallest absolute Gasteiger partial charge is 0.158 e. The molecule has 3 heterocycles. The quantitative estimate of drug-likeness (QED) is 0.275. The zero-order valence-corrected chi connectivity index (χ0v) is 21.5. The first-order valence-electron chi connectivity index (χ1n) is 13.4. The number of benzene rings is 2. The van der Waals surface area contributed by atoms with Gasteiger partial charge in [-0.3, -0.25) is 14.8 Å². The summed E-state index contributed by atoms with van der Waals surface area (Å²) in [7, 11) is 0. The highest BCUT2D eigenvalue weighted by Crippen LogP contribution is 2.32. The second-order valence-corrected chi connectivity index (χ2v) is 11.1. The number of anilines is 1. The third-order valence-electron chi connectivity index (χ3n) is 7.81. The number of thiophene rings is 1. The van der Waals surface area contributed by atoms with Gasteiger partial charge in [0.15, 0.2) is 5.78 Å². The number of fused-ring (bicyclic) bond motifs is 1. The van der Waals surface area contributed by atoms with Crippen LogP contribution in [0.2, 0.25) is 0 Å². The lowest BCUT2D eigenvalue weighted by Gasteiger charge is -2.26. The third-order valence-corrected chi connectivity index (χ3v) is 8.51. The summed E-state index contributed by atoms with van der Waals surface area (Å²) in [6.45, 7) is 2.01. The van der Waals surface area contributed by atoms with Crippen molar-refractivity contribution in [3.63, 3.8) is 0 Å². The Bertz CT molecular complexity index is 1300. The average Bonchev–Trinajstić information content (AvgIpc) is 3.69. The largest absolute Gasteiger partial charge is 0.382 e. The van der Waals surface area contributed by atoms with Gasteiger partial charge in [0.05, 0.1) is 17.3 Å². The van der Waals surface area contributed by atoms with E-state index in [0.717, 1.165) is 46.4 Å². The predicted octanol–water partition coefficient (Wildman–Crippen LogP) is 6.98. The van der Waals surface area contributed by atoms with Crippen molar-refractivity contribution in [1.29, 1.82) is 0 Å². The zero-order chi connectivity index (χ0) is 24.3. The summed E-state index contributed by atoms with van der Waals surface area (Å²) in [6.07, 6.45) is 9.32. The fourth-order valence-corrected chi connectivity index (χ4v) is 6.61. The Morgan fingerprint density at radius 3 is 2.58 bits per heavy atom.